The first-order chi connectivity index (χ1) is 11.1. The van der Waals surface area contributed by atoms with Crippen molar-refractivity contribution in [3.05, 3.63) is 56.1 Å². The molecular formula is C17H21N3O2S. The Morgan fingerprint density at radius 1 is 1.13 bits per heavy atom. The number of likely N-dealkylation sites (tertiary alicyclic amines) is 1. The van der Waals surface area contributed by atoms with Crippen molar-refractivity contribution in [2.75, 3.05) is 13.1 Å². The molecule has 0 saturated carbocycles. The first-order valence-electron chi connectivity index (χ1n) is 7.92. The zero-order valence-corrected chi connectivity index (χ0v) is 13.9. The molecule has 0 aliphatic carbocycles. The van der Waals surface area contributed by atoms with E-state index in [1.807, 2.05) is 31.2 Å². The van der Waals surface area contributed by atoms with Crippen LogP contribution in [0, 0.1) is 11.7 Å². The maximum atomic E-state index is 12.5. The molecule has 5 nitrogen and oxygen atoms in total. The Kier molecular flexibility index (Phi) is 4.63. The Morgan fingerprint density at radius 3 is 2.39 bits per heavy atom. The third kappa shape index (κ3) is 3.38. The van der Waals surface area contributed by atoms with Gasteiger partial charge in [-0.25, -0.2) is 0 Å². The van der Waals surface area contributed by atoms with Crippen LogP contribution in [0.5, 0.6) is 5.88 Å². The minimum Gasteiger partial charge on any atom is -0.494 e. The highest BCUT2D eigenvalue weighted by Gasteiger charge is 2.29. The van der Waals surface area contributed by atoms with E-state index >= 15 is 0 Å². The van der Waals surface area contributed by atoms with Crippen molar-refractivity contribution in [3.8, 4) is 5.88 Å². The molecule has 3 N–H and O–H groups in total. The molecule has 1 aliphatic rings. The van der Waals surface area contributed by atoms with Gasteiger partial charge in [0.25, 0.3) is 5.56 Å². The van der Waals surface area contributed by atoms with Crippen molar-refractivity contribution >= 4 is 12.2 Å². The summed E-state index contributed by atoms with van der Waals surface area (Å²) in [4.78, 5) is 20.0. The topological polar surface area (TPSA) is 72.1 Å². The number of H-pyrrole nitrogens is 2. The van der Waals surface area contributed by atoms with Gasteiger partial charge >= 0.3 is 0 Å². The smallest absolute Gasteiger partial charge is 0.260 e. The quantitative estimate of drug-likeness (QED) is 0.756. The highest BCUT2D eigenvalue weighted by Crippen LogP contribution is 2.32. The van der Waals surface area contributed by atoms with Crippen molar-refractivity contribution in [1.29, 1.82) is 0 Å². The molecule has 1 saturated heterocycles. The van der Waals surface area contributed by atoms with E-state index in [1.165, 1.54) is 6.42 Å². The van der Waals surface area contributed by atoms with Crippen LogP contribution in [0.2, 0.25) is 0 Å². The first kappa shape index (κ1) is 16.0. The second-order valence-electron chi connectivity index (χ2n) is 6.08. The van der Waals surface area contributed by atoms with E-state index in [1.54, 1.807) is 0 Å². The predicted octanol–water partition coefficient (Wildman–Crippen LogP) is 3.02. The molecule has 2 aromatic rings. The van der Waals surface area contributed by atoms with Crippen molar-refractivity contribution in [2.45, 2.75) is 32.2 Å². The molecule has 1 atom stereocenters. The summed E-state index contributed by atoms with van der Waals surface area (Å²) in [5, 5.41) is 10.3. The minimum atomic E-state index is -0.331. The predicted molar refractivity (Wildman–Crippen MR) is 92.4 cm³/mol. The SMILES string of the molecule is Cc1ccc(C(c2c(O)[nH]c(=S)[nH]c2=O)N2CCCCC2)cc1. The fourth-order valence-electron chi connectivity index (χ4n) is 3.22. The van der Waals surface area contributed by atoms with Crippen LogP contribution >= 0.6 is 12.2 Å². The van der Waals surface area contributed by atoms with E-state index in [2.05, 4.69) is 14.9 Å². The first-order valence-corrected chi connectivity index (χ1v) is 8.33. The lowest BCUT2D eigenvalue weighted by Gasteiger charge is -2.34. The lowest BCUT2D eigenvalue weighted by atomic mass is 9.95. The van der Waals surface area contributed by atoms with Gasteiger partial charge in [-0.3, -0.25) is 14.7 Å². The van der Waals surface area contributed by atoms with Crippen molar-refractivity contribution in [2.24, 2.45) is 0 Å². The van der Waals surface area contributed by atoms with Gasteiger partial charge in [0.15, 0.2) is 4.77 Å². The molecule has 2 heterocycles. The van der Waals surface area contributed by atoms with Gasteiger partial charge in [0.2, 0.25) is 5.88 Å². The molecular weight excluding hydrogens is 310 g/mol. The summed E-state index contributed by atoms with van der Waals surface area (Å²) in [7, 11) is 0. The fraction of sp³-hybridized carbons (Fsp3) is 0.412. The largest absolute Gasteiger partial charge is 0.494 e. The zero-order chi connectivity index (χ0) is 16.4. The number of aromatic hydroxyl groups is 1. The lowest BCUT2D eigenvalue weighted by Crippen LogP contribution is -2.37. The summed E-state index contributed by atoms with van der Waals surface area (Å²) in [6, 6.07) is 7.83. The minimum absolute atomic E-state index is 0.137. The summed E-state index contributed by atoms with van der Waals surface area (Å²) < 4.78 is 0.137. The van der Waals surface area contributed by atoms with Crippen molar-refractivity contribution < 1.29 is 5.11 Å². The number of nitrogens with zero attached hydrogens (tertiary/aromatic N) is 1. The van der Waals surface area contributed by atoms with Crippen LogP contribution in [0.1, 0.15) is 42.0 Å². The molecule has 6 heteroatoms. The molecule has 1 aliphatic heterocycles. The number of aromatic nitrogens is 2. The average molecular weight is 331 g/mol. The number of piperidine rings is 1. The standard InChI is InChI=1S/C17H21N3O2S/c1-11-5-7-12(8-6-11)14(20-9-3-2-4-10-20)13-15(21)18-17(23)19-16(13)22/h5-8,14H,2-4,9-10H2,1H3,(H3,18,19,21,22,23). The van der Waals surface area contributed by atoms with Gasteiger partial charge < -0.3 is 10.1 Å². The van der Waals surface area contributed by atoms with Gasteiger partial charge in [-0.2, -0.15) is 0 Å². The summed E-state index contributed by atoms with van der Waals surface area (Å²) in [5.74, 6) is -0.144. The summed E-state index contributed by atoms with van der Waals surface area (Å²) in [6.07, 6.45) is 3.41. The number of benzene rings is 1. The summed E-state index contributed by atoms with van der Waals surface area (Å²) in [6.45, 7) is 3.85. The number of hydrogen-bond acceptors (Lipinski definition) is 4. The zero-order valence-electron chi connectivity index (χ0n) is 13.1. The fourth-order valence-corrected chi connectivity index (χ4v) is 3.41. The van der Waals surface area contributed by atoms with Crippen LogP contribution in [0.3, 0.4) is 0 Å². The van der Waals surface area contributed by atoms with Crippen LogP contribution in [-0.2, 0) is 0 Å². The number of aryl methyl sites for hydroxylation is 1. The Hall–Kier alpha value is -1.92. The summed E-state index contributed by atoms with van der Waals surface area (Å²) in [5.41, 5.74) is 2.17. The second kappa shape index (κ2) is 6.68. The Balaban J connectivity index is 2.13. The van der Waals surface area contributed by atoms with Gasteiger partial charge in [0.05, 0.1) is 11.6 Å². The molecule has 1 fully saturated rings. The Labute approximate surface area is 140 Å². The maximum absolute atomic E-state index is 12.5. The van der Waals surface area contributed by atoms with Gasteiger partial charge in [-0.15, -0.1) is 0 Å². The van der Waals surface area contributed by atoms with Crippen LogP contribution in [0.25, 0.3) is 0 Å². The van der Waals surface area contributed by atoms with E-state index in [0.29, 0.717) is 5.56 Å². The normalized spacial score (nSPS) is 17.1. The van der Waals surface area contributed by atoms with E-state index in [9.17, 15) is 9.90 Å². The van der Waals surface area contributed by atoms with Crippen molar-refractivity contribution in [1.82, 2.24) is 14.9 Å². The van der Waals surface area contributed by atoms with E-state index < -0.39 is 0 Å². The van der Waals surface area contributed by atoms with Crippen LogP contribution in [0.15, 0.2) is 29.1 Å². The summed E-state index contributed by atoms with van der Waals surface area (Å²) >= 11 is 4.94. The Bertz CT molecular complexity index is 789. The maximum Gasteiger partial charge on any atom is 0.260 e. The van der Waals surface area contributed by atoms with Gasteiger partial charge in [0, 0.05) is 0 Å². The molecule has 0 bridgehead atoms. The van der Waals surface area contributed by atoms with E-state index in [4.69, 9.17) is 12.2 Å². The van der Waals surface area contributed by atoms with Crippen LogP contribution in [-0.4, -0.2) is 33.1 Å². The number of nitrogens with one attached hydrogen (secondary N) is 2. The molecule has 0 radical (unpaired) electrons. The molecule has 0 amide bonds. The number of aromatic amines is 2. The highest BCUT2D eigenvalue weighted by molar-refractivity contribution is 7.71. The van der Waals surface area contributed by atoms with Crippen LogP contribution in [0.4, 0.5) is 0 Å². The number of rotatable bonds is 3. The van der Waals surface area contributed by atoms with Crippen molar-refractivity contribution in [3.63, 3.8) is 0 Å². The lowest BCUT2D eigenvalue weighted by molar-refractivity contribution is 0.183. The third-order valence-corrected chi connectivity index (χ3v) is 4.59. The molecule has 0 spiro atoms. The molecule has 122 valence electrons. The molecule has 3 rings (SSSR count). The molecule has 1 aromatic heterocycles. The second-order valence-corrected chi connectivity index (χ2v) is 6.49. The van der Waals surface area contributed by atoms with E-state index in [-0.39, 0.29) is 22.3 Å². The van der Waals surface area contributed by atoms with Crippen LogP contribution < -0.4 is 5.56 Å². The third-order valence-electron chi connectivity index (χ3n) is 4.38. The molecule has 23 heavy (non-hydrogen) atoms. The van der Waals surface area contributed by atoms with Gasteiger partial charge in [-0.05, 0) is 50.6 Å². The highest BCUT2D eigenvalue weighted by atomic mass is 32.1. The Morgan fingerprint density at radius 2 is 1.78 bits per heavy atom. The average Bonchev–Trinajstić information content (AvgIpc) is 2.53. The van der Waals surface area contributed by atoms with Gasteiger partial charge in [-0.1, -0.05) is 36.2 Å². The molecule has 1 unspecified atom stereocenters. The monoisotopic (exact) mass is 331 g/mol. The number of hydrogen-bond donors (Lipinski definition) is 3. The molecule has 1 aromatic carbocycles. The van der Waals surface area contributed by atoms with E-state index in [0.717, 1.165) is 37.1 Å². The van der Waals surface area contributed by atoms with Gasteiger partial charge in [0.1, 0.15) is 0 Å².